The molecule has 1 unspecified atom stereocenters. The van der Waals surface area contributed by atoms with Crippen molar-refractivity contribution >= 4 is 11.1 Å². The number of hydrogen-bond acceptors (Lipinski definition) is 4. The highest BCUT2D eigenvalue weighted by atomic mass is 16.3. The number of aliphatic hydroxyl groups excluding tert-OH is 1. The molecular weight excluding hydrogens is 240 g/mol. The van der Waals surface area contributed by atoms with Crippen molar-refractivity contribution in [3.8, 4) is 0 Å². The lowest BCUT2D eigenvalue weighted by Crippen LogP contribution is -2.01. The maximum atomic E-state index is 10.4. The fourth-order valence-corrected chi connectivity index (χ4v) is 2.07. The zero-order valence-corrected chi connectivity index (χ0v) is 10.3. The van der Waals surface area contributed by atoms with Gasteiger partial charge >= 0.3 is 0 Å². The molecule has 3 rings (SSSR count). The predicted molar refractivity (Wildman–Crippen MR) is 72.4 cm³/mol. The van der Waals surface area contributed by atoms with Gasteiger partial charge in [-0.25, -0.2) is 4.98 Å². The van der Waals surface area contributed by atoms with Crippen molar-refractivity contribution < 1.29 is 9.52 Å². The molecule has 0 saturated carbocycles. The number of rotatable bonds is 3. The minimum atomic E-state index is -0.679. The van der Waals surface area contributed by atoms with Crippen LogP contribution in [0.25, 0.3) is 11.1 Å². The zero-order valence-electron chi connectivity index (χ0n) is 10.3. The van der Waals surface area contributed by atoms with E-state index in [2.05, 4.69) is 4.98 Å². The van der Waals surface area contributed by atoms with Crippen LogP contribution in [-0.4, -0.2) is 10.1 Å². The lowest BCUT2D eigenvalue weighted by molar-refractivity contribution is 0.220. The van der Waals surface area contributed by atoms with Gasteiger partial charge in [-0.15, -0.1) is 0 Å². The van der Waals surface area contributed by atoms with Gasteiger partial charge in [0, 0.05) is 6.54 Å². The van der Waals surface area contributed by atoms with Gasteiger partial charge < -0.3 is 15.3 Å². The molecule has 0 aliphatic carbocycles. The Morgan fingerprint density at radius 3 is 2.58 bits per heavy atom. The highest BCUT2D eigenvalue weighted by Crippen LogP contribution is 2.25. The molecular formula is C15H14N2O2. The Labute approximate surface area is 110 Å². The molecule has 1 aromatic heterocycles. The summed E-state index contributed by atoms with van der Waals surface area (Å²) in [4.78, 5) is 4.05. The molecule has 3 N–H and O–H groups in total. The highest BCUT2D eigenvalue weighted by molar-refractivity contribution is 5.73. The number of aliphatic hydroxyl groups is 1. The molecule has 4 heteroatoms. The summed E-state index contributed by atoms with van der Waals surface area (Å²) >= 11 is 0. The molecule has 0 bridgehead atoms. The van der Waals surface area contributed by atoms with Crippen LogP contribution in [0.2, 0.25) is 0 Å². The Hall–Kier alpha value is -2.17. The van der Waals surface area contributed by atoms with Crippen LogP contribution in [0.1, 0.15) is 22.8 Å². The Morgan fingerprint density at radius 2 is 1.84 bits per heavy atom. The average Bonchev–Trinajstić information content (AvgIpc) is 2.94. The summed E-state index contributed by atoms with van der Waals surface area (Å²) in [6, 6.07) is 13.1. The Balaban J connectivity index is 1.94. The van der Waals surface area contributed by atoms with Gasteiger partial charge in [0.05, 0.1) is 0 Å². The van der Waals surface area contributed by atoms with E-state index in [4.69, 9.17) is 10.2 Å². The molecule has 3 aromatic rings. The summed E-state index contributed by atoms with van der Waals surface area (Å²) in [5, 5.41) is 10.4. The van der Waals surface area contributed by atoms with Crippen LogP contribution in [0.5, 0.6) is 0 Å². The molecule has 0 spiro atoms. The minimum Gasteiger partial charge on any atom is -0.443 e. The van der Waals surface area contributed by atoms with Crippen molar-refractivity contribution in [2.45, 2.75) is 12.6 Å². The van der Waals surface area contributed by atoms with E-state index in [1.807, 2.05) is 42.5 Å². The van der Waals surface area contributed by atoms with Crippen LogP contribution in [0.3, 0.4) is 0 Å². The van der Waals surface area contributed by atoms with Gasteiger partial charge in [-0.3, -0.25) is 0 Å². The molecule has 96 valence electrons. The quantitative estimate of drug-likeness (QED) is 0.752. The fraction of sp³-hybridized carbons (Fsp3) is 0.133. The normalized spacial score (nSPS) is 12.7. The molecule has 0 aliphatic rings. The van der Waals surface area contributed by atoms with Crippen molar-refractivity contribution in [3.63, 3.8) is 0 Å². The number of aromatic nitrogens is 1. The SMILES string of the molecule is NCc1ccc(C(O)c2ccc3ncoc3c2)cc1. The van der Waals surface area contributed by atoms with Crippen molar-refractivity contribution in [1.82, 2.24) is 4.98 Å². The monoisotopic (exact) mass is 254 g/mol. The summed E-state index contributed by atoms with van der Waals surface area (Å²) < 4.78 is 5.24. The molecule has 1 heterocycles. The van der Waals surface area contributed by atoms with E-state index in [1.54, 1.807) is 0 Å². The fourth-order valence-electron chi connectivity index (χ4n) is 2.07. The van der Waals surface area contributed by atoms with Crippen LogP contribution < -0.4 is 5.73 Å². The van der Waals surface area contributed by atoms with E-state index in [-0.39, 0.29) is 0 Å². The first kappa shape index (κ1) is 11.9. The number of benzene rings is 2. The van der Waals surface area contributed by atoms with Gasteiger partial charge in [-0.1, -0.05) is 30.3 Å². The van der Waals surface area contributed by atoms with Crippen molar-refractivity contribution in [2.75, 3.05) is 0 Å². The van der Waals surface area contributed by atoms with Crippen LogP contribution in [-0.2, 0) is 6.54 Å². The summed E-state index contributed by atoms with van der Waals surface area (Å²) in [6.45, 7) is 0.500. The zero-order chi connectivity index (χ0) is 13.2. The van der Waals surface area contributed by atoms with Crippen molar-refractivity contribution in [1.29, 1.82) is 0 Å². The molecule has 1 atom stereocenters. The van der Waals surface area contributed by atoms with E-state index in [9.17, 15) is 5.11 Å². The molecule has 19 heavy (non-hydrogen) atoms. The minimum absolute atomic E-state index is 0.500. The first-order valence-corrected chi connectivity index (χ1v) is 6.08. The number of fused-ring (bicyclic) bond motifs is 1. The van der Waals surface area contributed by atoms with Crippen LogP contribution in [0.15, 0.2) is 53.3 Å². The smallest absolute Gasteiger partial charge is 0.181 e. The summed E-state index contributed by atoms with van der Waals surface area (Å²) in [6.07, 6.45) is 0.720. The second kappa shape index (κ2) is 4.84. The van der Waals surface area contributed by atoms with Crippen molar-refractivity contribution in [2.24, 2.45) is 5.73 Å². The van der Waals surface area contributed by atoms with Gasteiger partial charge in [0.25, 0.3) is 0 Å². The molecule has 0 saturated heterocycles. The molecule has 0 amide bonds. The summed E-state index contributed by atoms with van der Waals surface area (Å²) in [7, 11) is 0. The van der Waals surface area contributed by atoms with Crippen LogP contribution >= 0.6 is 0 Å². The third-order valence-electron chi connectivity index (χ3n) is 3.20. The molecule has 0 radical (unpaired) electrons. The van der Waals surface area contributed by atoms with Crippen LogP contribution in [0, 0.1) is 0 Å². The number of oxazole rings is 1. The average molecular weight is 254 g/mol. The Morgan fingerprint density at radius 1 is 1.11 bits per heavy atom. The standard InChI is InChI=1S/C15H14N2O2/c16-8-10-1-3-11(4-2-10)15(18)12-5-6-13-14(7-12)19-9-17-13/h1-7,9,15,18H,8,16H2. The Bertz CT molecular complexity index is 689. The first-order chi connectivity index (χ1) is 9.28. The highest BCUT2D eigenvalue weighted by Gasteiger charge is 2.12. The maximum absolute atomic E-state index is 10.4. The maximum Gasteiger partial charge on any atom is 0.181 e. The van der Waals surface area contributed by atoms with Gasteiger partial charge in [-0.05, 0) is 28.8 Å². The Kier molecular flexibility index (Phi) is 3.03. The lowest BCUT2D eigenvalue weighted by atomic mass is 10.00. The largest absolute Gasteiger partial charge is 0.443 e. The number of hydrogen-bond donors (Lipinski definition) is 2. The summed E-state index contributed by atoms with van der Waals surface area (Å²) in [5.74, 6) is 0. The molecule has 0 fully saturated rings. The van der Waals surface area contributed by atoms with E-state index in [0.717, 1.165) is 22.2 Å². The van der Waals surface area contributed by atoms with Gasteiger partial charge in [0.1, 0.15) is 11.6 Å². The van der Waals surface area contributed by atoms with E-state index < -0.39 is 6.10 Å². The number of nitrogens with zero attached hydrogens (tertiary/aromatic N) is 1. The first-order valence-electron chi connectivity index (χ1n) is 6.08. The van der Waals surface area contributed by atoms with Gasteiger partial charge in [-0.2, -0.15) is 0 Å². The molecule has 2 aromatic carbocycles. The molecule has 0 aliphatic heterocycles. The second-order valence-electron chi connectivity index (χ2n) is 4.43. The topological polar surface area (TPSA) is 72.3 Å². The van der Waals surface area contributed by atoms with Gasteiger partial charge in [0.2, 0.25) is 0 Å². The third-order valence-corrected chi connectivity index (χ3v) is 3.20. The second-order valence-corrected chi connectivity index (χ2v) is 4.43. The van der Waals surface area contributed by atoms with Crippen molar-refractivity contribution in [3.05, 3.63) is 65.5 Å². The van der Waals surface area contributed by atoms with Gasteiger partial charge in [0.15, 0.2) is 12.0 Å². The van der Waals surface area contributed by atoms with E-state index in [1.165, 1.54) is 6.39 Å². The van der Waals surface area contributed by atoms with E-state index >= 15 is 0 Å². The third kappa shape index (κ3) is 2.23. The van der Waals surface area contributed by atoms with Crippen LogP contribution in [0.4, 0.5) is 0 Å². The van der Waals surface area contributed by atoms with E-state index in [0.29, 0.717) is 12.1 Å². The lowest BCUT2D eigenvalue weighted by Gasteiger charge is -2.11. The summed E-state index contributed by atoms with van der Waals surface area (Å²) in [5.41, 5.74) is 9.67. The molecule has 4 nitrogen and oxygen atoms in total. The number of nitrogens with two attached hydrogens (primary N) is 1. The predicted octanol–water partition coefficient (Wildman–Crippen LogP) is 2.37.